The number of anilines is 1. The summed E-state index contributed by atoms with van der Waals surface area (Å²) in [7, 11) is 0. The van der Waals surface area contributed by atoms with Gasteiger partial charge in [-0.2, -0.15) is 18.4 Å². The van der Waals surface area contributed by atoms with Gasteiger partial charge < -0.3 is 10.4 Å². The van der Waals surface area contributed by atoms with E-state index in [-0.39, 0.29) is 27.9 Å². The summed E-state index contributed by atoms with van der Waals surface area (Å²) in [5.41, 5.74) is -1.40. The van der Waals surface area contributed by atoms with Crippen molar-refractivity contribution in [2.24, 2.45) is 5.92 Å². The zero-order chi connectivity index (χ0) is 16.2. The number of nitriles is 1. The van der Waals surface area contributed by atoms with Crippen molar-refractivity contribution >= 4 is 22.9 Å². The lowest BCUT2D eigenvalue weighted by atomic mass is 10.1. The minimum absolute atomic E-state index is 0.239. The maximum atomic E-state index is 12.9. The number of rotatable bonds is 3. The van der Waals surface area contributed by atoms with Crippen LogP contribution < -0.4 is 5.32 Å². The number of aliphatic hydroxyl groups is 1. The third kappa shape index (κ3) is 4.20. The van der Waals surface area contributed by atoms with Crippen LogP contribution in [0, 0.1) is 17.2 Å². The third-order valence-electron chi connectivity index (χ3n) is 2.62. The molecular weight excluding hydrogens is 301 g/mol. The highest BCUT2D eigenvalue weighted by molar-refractivity contribution is 7.81. The van der Waals surface area contributed by atoms with Crippen molar-refractivity contribution in [3.63, 3.8) is 0 Å². The molecule has 0 heterocycles. The van der Waals surface area contributed by atoms with Gasteiger partial charge in [-0.1, -0.05) is 38.2 Å². The van der Waals surface area contributed by atoms with Gasteiger partial charge in [0, 0.05) is 5.92 Å². The molecule has 0 radical (unpaired) electrons. The van der Waals surface area contributed by atoms with E-state index in [0.29, 0.717) is 0 Å². The minimum Gasteiger partial charge on any atom is -0.511 e. The van der Waals surface area contributed by atoms with Gasteiger partial charge in [0.05, 0.1) is 11.3 Å². The summed E-state index contributed by atoms with van der Waals surface area (Å²) in [5.74, 6) is -0.628. The van der Waals surface area contributed by atoms with Gasteiger partial charge in [-0.15, -0.1) is 0 Å². The minimum atomic E-state index is -4.55. The Morgan fingerprint density at radius 1 is 1.33 bits per heavy atom. The fraction of sp³-hybridized carbons (Fsp3) is 0.286. The van der Waals surface area contributed by atoms with E-state index < -0.39 is 11.7 Å². The molecule has 0 spiro atoms. The van der Waals surface area contributed by atoms with Crippen LogP contribution in [0.5, 0.6) is 0 Å². The van der Waals surface area contributed by atoms with Crippen LogP contribution in [0.2, 0.25) is 0 Å². The summed E-state index contributed by atoms with van der Waals surface area (Å²) in [6.07, 6.45) is -4.55. The van der Waals surface area contributed by atoms with Gasteiger partial charge in [0.15, 0.2) is 0 Å². The van der Waals surface area contributed by atoms with Crippen LogP contribution in [0.3, 0.4) is 0 Å². The van der Waals surface area contributed by atoms with Crippen molar-refractivity contribution in [3.05, 3.63) is 41.2 Å². The van der Waals surface area contributed by atoms with Gasteiger partial charge in [0.2, 0.25) is 0 Å². The maximum Gasteiger partial charge on any atom is 0.418 e. The molecule has 1 aromatic rings. The van der Waals surface area contributed by atoms with Gasteiger partial charge >= 0.3 is 6.18 Å². The van der Waals surface area contributed by atoms with Gasteiger partial charge in [0.25, 0.3) is 0 Å². The van der Waals surface area contributed by atoms with Crippen LogP contribution in [0.25, 0.3) is 0 Å². The normalized spacial score (nSPS) is 12.6. The molecule has 0 aromatic heterocycles. The monoisotopic (exact) mass is 314 g/mol. The fourth-order valence-electron chi connectivity index (χ4n) is 1.54. The second-order valence-corrected chi connectivity index (χ2v) is 4.93. The first-order valence-corrected chi connectivity index (χ1v) is 6.40. The lowest BCUT2D eigenvalue weighted by molar-refractivity contribution is -0.136. The molecule has 0 saturated carbocycles. The van der Waals surface area contributed by atoms with Crippen molar-refractivity contribution in [2.75, 3.05) is 5.32 Å². The third-order valence-corrected chi connectivity index (χ3v) is 2.93. The Morgan fingerprint density at radius 2 is 1.90 bits per heavy atom. The van der Waals surface area contributed by atoms with Gasteiger partial charge in [0.1, 0.15) is 22.4 Å². The summed E-state index contributed by atoms with van der Waals surface area (Å²) in [6, 6.07) is 6.49. The van der Waals surface area contributed by atoms with Crippen LogP contribution in [-0.4, -0.2) is 10.1 Å². The first-order valence-electron chi connectivity index (χ1n) is 5.99. The summed E-state index contributed by atoms with van der Waals surface area (Å²) >= 11 is 4.92. The molecule has 0 fully saturated rings. The van der Waals surface area contributed by atoms with Gasteiger partial charge in [-0.3, -0.25) is 0 Å². The molecule has 1 rings (SSSR count). The van der Waals surface area contributed by atoms with Crippen LogP contribution >= 0.6 is 12.2 Å². The number of nitrogens with zero attached hydrogens (tertiary/aromatic N) is 1. The molecular formula is C14H13F3N2OS. The standard InChI is InChI=1S/C14H13F3N2OS/c1-8(2)12(20)9(7-18)13(21)19-11-6-4-3-5-10(11)14(15,16)17/h3-6,8,20H,1-2H3,(H,19,21)/b12-9-. The lowest BCUT2D eigenvalue weighted by Crippen LogP contribution is -2.18. The van der Waals surface area contributed by atoms with Crippen molar-refractivity contribution < 1.29 is 18.3 Å². The number of hydrogen-bond donors (Lipinski definition) is 2. The zero-order valence-corrected chi connectivity index (χ0v) is 12.1. The van der Waals surface area contributed by atoms with E-state index in [1.54, 1.807) is 19.9 Å². The lowest BCUT2D eigenvalue weighted by Gasteiger charge is -2.15. The van der Waals surface area contributed by atoms with E-state index in [1.807, 2.05) is 0 Å². The zero-order valence-electron chi connectivity index (χ0n) is 11.3. The molecule has 2 N–H and O–H groups in total. The molecule has 0 bridgehead atoms. The number of thiocarbonyl (C=S) groups is 1. The van der Waals surface area contributed by atoms with E-state index in [9.17, 15) is 18.3 Å². The maximum absolute atomic E-state index is 12.9. The summed E-state index contributed by atoms with van der Waals surface area (Å²) in [4.78, 5) is -0.250. The molecule has 0 aliphatic rings. The molecule has 112 valence electrons. The number of para-hydroxylation sites is 1. The van der Waals surface area contributed by atoms with Crippen LogP contribution in [0.4, 0.5) is 18.9 Å². The predicted octanol–water partition coefficient (Wildman–Crippen LogP) is 4.44. The van der Waals surface area contributed by atoms with Crippen LogP contribution in [0.1, 0.15) is 19.4 Å². The van der Waals surface area contributed by atoms with E-state index in [2.05, 4.69) is 5.32 Å². The average molecular weight is 314 g/mol. The number of alkyl halides is 3. The number of allylic oxidation sites excluding steroid dienone is 1. The Hall–Kier alpha value is -2.07. The molecule has 3 nitrogen and oxygen atoms in total. The second kappa shape index (κ2) is 6.59. The Labute approximate surface area is 125 Å². The number of nitrogens with one attached hydrogen (secondary N) is 1. The van der Waals surface area contributed by atoms with Gasteiger partial charge in [-0.05, 0) is 12.1 Å². The fourth-order valence-corrected chi connectivity index (χ4v) is 1.80. The topological polar surface area (TPSA) is 56.0 Å². The van der Waals surface area contributed by atoms with Crippen molar-refractivity contribution in [1.82, 2.24) is 0 Å². The van der Waals surface area contributed by atoms with Crippen molar-refractivity contribution in [3.8, 4) is 6.07 Å². The average Bonchev–Trinajstić information content (AvgIpc) is 2.38. The molecule has 21 heavy (non-hydrogen) atoms. The predicted molar refractivity (Wildman–Crippen MR) is 77.8 cm³/mol. The summed E-state index contributed by atoms with van der Waals surface area (Å²) in [6.45, 7) is 3.28. The van der Waals surface area contributed by atoms with Crippen LogP contribution in [-0.2, 0) is 6.18 Å². The largest absolute Gasteiger partial charge is 0.511 e. The number of halogens is 3. The Balaban J connectivity index is 3.16. The Kier molecular flexibility index (Phi) is 5.33. The molecule has 0 unspecified atom stereocenters. The highest BCUT2D eigenvalue weighted by atomic mass is 32.1. The Bertz CT molecular complexity index is 615. The molecule has 0 atom stereocenters. The Morgan fingerprint density at radius 3 is 2.38 bits per heavy atom. The van der Waals surface area contributed by atoms with E-state index in [4.69, 9.17) is 17.5 Å². The highest BCUT2D eigenvalue weighted by Gasteiger charge is 2.33. The molecule has 0 saturated heterocycles. The van der Waals surface area contributed by atoms with Gasteiger partial charge in [-0.25, -0.2) is 0 Å². The molecule has 0 aliphatic carbocycles. The highest BCUT2D eigenvalue weighted by Crippen LogP contribution is 2.34. The summed E-state index contributed by atoms with van der Waals surface area (Å²) < 4.78 is 38.6. The van der Waals surface area contributed by atoms with E-state index >= 15 is 0 Å². The van der Waals surface area contributed by atoms with Crippen LogP contribution in [0.15, 0.2) is 35.6 Å². The number of aliphatic hydroxyl groups excluding tert-OH is 1. The van der Waals surface area contributed by atoms with Crippen molar-refractivity contribution in [1.29, 1.82) is 5.26 Å². The van der Waals surface area contributed by atoms with Crippen molar-refractivity contribution in [2.45, 2.75) is 20.0 Å². The molecule has 7 heteroatoms. The summed E-state index contributed by atoms with van der Waals surface area (Å²) in [5, 5.41) is 21.2. The molecule has 0 amide bonds. The SMILES string of the molecule is CC(C)/C(O)=C(\C#N)C(=S)Nc1ccccc1C(F)(F)F. The quantitative estimate of drug-likeness (QED) is 0.375. The molecule has 0 aliphatic heterocycles. The van der Waals surface area contributed by atoms with E-state index in [1.165, 1.54) is 18.2 Å². The second-order valence-electron chi connectivity index (χ2n) is 4.52. The molecule has 1 aromatic carbocycles. The number of benzene rings is 1. The first kappa shape index (κ1) is 17.0. The van der Waals surface area contributed by atoms with E-state index in [0.717, 1.165) is 6.07 Å². The smallest absolute Gasteiger partial charge is 0.418 e. The first-order chi connectivity index (χ1) is 9.68. The number of hydrogen-bond acceptors (Lipinski definition) is 3.